The summed E-state index contributed by atoms with van der Waals surface area (Å²) in [5, 5.41) is 0. The van der Waals surface area contributed by atoms with Crippen molar-refractivity contribution < 1.29 is 13.2 Å². The van der Waals surface area contributed by atoms with E-state index in [0.717, 1.165) is 17.5 Å². The third kappa shape index (κ3) is 2.62. The van der Waals surface area contributed by atoms with Gasteiger partial charge < -0.3 is 9.30 Å². The summed E-state index contributed by atoms with van der Waals surface area (Å²) >= 11 is 6.02. The second-order valence-electron chi connectivity index (χ2n) is 5.27. The summed E-state index contributed by atoms with van der Waals surface area (Å²) < 4.78 is 31.2. The molecule has 0 spiro atoms. The largest absolute Gasteiger partial charge is 0.494 e. The third-order valence-corrected chi connectivity index (χ3v) is 5.94. The van der Waals surface area contributed by atoms with E-state index in [4.69, 9.17) is 16.3 Å². The van der Waals surface area contributed by atoms with E-state index in [1.165, 1.54) is 0 Å². The zero-order valence-corrected chi connectivity index (χ0v) is 13.3. The van der Waals surface area contributed by atoms with Crippen molar-refractivity contribution in [1.82, 2.24) is 9.55 Å². The second-order valence-corrected chi connectivity index (χ2v) is 7.77. The summed E-state index contributed by atoms with van der Waals surface area (Å²) in [6.07, 6.45) is 1.50. The first-order valence-corrected chi connectivity index (χ1v) is 9.21. The smallest absolute Gasteiger partial charge is 0.152 e. The number of halogens is 1. The molecule has 0 saturated carbocycles. The Bertz CT molecular complexity index is 770. The molecular weight excluding hydrogens is 312 g/mol. The number of imidazole rings is 1. The first kappa shape index (κ1) is 14.7. The number of para-hydroxylation sites is 1. The molecule has 3 rings (SSSR count). The van der Waals surface area contributed by atoms with Gasteiger partial charge in [0, 0.05) is 6.04 Å². The molecule has 1 aromatic heterocycles. The molecule has 1 atom stereocenters. The number of nitrogens with zero attached hydrogens (tertiary/aromatic N) is 2. The van der Waals surface area contributed by atoms with Crippen molar-refractivity contribution in [3.8, 4) is 5.75 Å². The first-order chi connectivity index (χ1) is 10.1. The SMILES string of the molecule is COc1cccc2c1nc(CCl)n2C1CCCS(=O)(=O)C1. The van der Waals surface area contributed by atoms with Gasteiger partial charge in [0.2, 0.25) is 0 Å². The molecule has 5 nitrogen and oxygen atoms in total. The molecule has 0 aliphatic carbocycles. The van der Waals surface area contributed by atoms with E-state index in [2.05, 4.69) is 4.98 Å². The van der Waals surface area contributed by atoms with Crippen LogP contribution < -0.4 is 4.74 Å². The minimum Gasteiger partial charge on any atom is -0.494 e. The number of sulfone groups is 1. The standard InChI is InChI=1S/C14H17ClN2O3S/c1-20-12-6-2-5-11-14(12)16-13(8-15)17(11)10-4-3-7-21(18,19)9-10/h2,5-6,10H,3-4,7-9H2,1H3. The Morgan fingerprint density at radius 2 is 2.29 bits per heavy atom. The van der Waals surface area contributed by atoms with E-state index >= 15 is 0 Å². The molecule has 2 aromatic rings. The Hall–Kier alpha value is -1.27. The fourth-order valence-corrected chi connectivity index (χ4v) is 4.87. The second kappa shape index (κ2) is 5.50. The van der Waals surface area contributed by atoms with E-state index in [1.54, 1.807) is 7.11 Å². The topological polar surface area (TPSA) is 61.2 Å². The van der Waals surface area contributed by atoms with Crippen molar-refractivity contribution in [3.05, 3.63) is 24.0 Å². The van der Waals surface area contributed by atoms with Crippen LogP contribution in [-0.4, -0.2) is 36.6 Å². The normalized spacial score (nSPS) is 21.5. The van der Waals surface area contributed by atoms with Crippen LogP contribution in [0.15, 0.2) is 18.2 Å². The minimum absolute atomic E-state index is 0.102. The van der Waals surface area contributed by atoms with Gasteiger partial charge in [0.15, 0.2) is 9.84 Å². The summed E-state index contributed by atoms with van der Waals surface area (Å²) in [7, 11) is -1.39. The van der Waals surface area contributed by atoms with Gasteiger partial charge in [-0.2, -0.15) is 0 Å². The van der Waals surface area contributed by atoms with Crippen LogP contribution in [0.1, 0.15) is 24.7 Å². The monoisotopic (exact) mass is 328 g/mol. The number of fused-ring (bicyclic) bond motifs is 1. The van der Waals surface area contributed by atoms with Gasteiger partial charge >= 0.3 is 0 Å². The van der Waals surface area contributed by atoms with Gasteiger partial charge in [-0.05, 0) is 25.0 Å². The van der Waals surface area contributed by atoms with Crippen LogP contribution >= 0.6 is 11.6 Å². The van der Waals surface area contributed by atoms with Gasteiger partial charge in [-0.15, -0.1) is 11.6 Å². The highest BCUT2D eigenvalue weighted by Gasteiger charge is 2.29. The molecule has 2 heterocycles. The molecule has 0 amide bonds. The minimum atomic E-state index is -2.99. The van der Waals surface area contributed by atoms with Crippen LogP contribution in [0.4, 0.5) is 0 Å². The Balaban J connectivity index is 2.17. The van der Waals surface area contributed by atoms with E-state index in [0.29, 0.717) is 18.0 Å². The molecule has 1 unspecified atom stereocenters. The van der Waals surface area contributed by atoms with E-state index in [-0.39, 0.29) is 23.4 Å². The molecule has 1 aliphatic rings. The molecule has 1 fully saturated rings. The van der Waals surface area contributed by atoms with Gasteiger partial charge in [0.25, 0.3) is 0 Å². The molecule has 1 saturated heterocycles. The average molecular weight is 329 g/mol. The maximum absolute atomic E-state index is 11.9. The summed E-state index contributed by atoms with van der Waals surface area (Å²) in [5.41, 5.74) is 1.62. The Morgan fingerprint density at radius 3 is 2.95 bits per heavy atom. The maximum atomic E-state index is 11.9. The highest BCUT2D eigenvalue weighted by Crippen LogP contribution is 2.32. The zero-order chi connectivity index (χ0) is 15.0. The van der Waals surface area contributed by atoms with E-state index in [9.17, 15) is 8.42 Å². The lowest BCUT2D eigenvalue weighted by molar-refractivity contribution is 0.419. The Kier molecular flexibility index (Phi) is 3.84. The molecule has 0 bridgehead atoms. The molecule has 0 N–H and O–H groups in total. The van der Waals surface area contributed by atoms with Crippen molar-refractivity contribution in [2.75, 3.05) is 18.6 Å². The van der Waals surface area contributed by atoms with Crippen LogP contribution in [0.5, 0.6) is 5.75 Å². The Labute approximate surface area is 128 Å². The fraction of sp³-hybridized carbons (Fsp3) is 0.500. The molecule has 7 heteroatoms. The lowest BCUT2D eigenvalue weighted by atomic mass is 10.1. The highest BCUT2D eigenvalue weighted by atomic mass is 35.5. The van der Waals surface area contributed by atoms with Gasteiger partial charge in [-0.1, -0.05) is 6.07 Å². The van der Waals surface area contributed by atoms with Gasteiger partial charge in [0.1, 0.15) is 17.1 Å². The average Bonchev–Trinajstić information content (AvgIpc) is 2.84. The number of methoxy groups -OCH3 is 1. The van der Waals surface area contributed by atoms with Gasteiger partial charge in [-0.3, -0.25) is 0 Å². The van der Waals surface area contributed by atoms with Crippen molar-refractivity contribution >= 4 is 32.5 Å². The predicted molar refractivity (Wildman–Crippen MR) is 82.8 cm³/mol. The van der Waals surface area contributed by atoms with E-state index in [1.807, 2.05) is 22.8 Å². The van der Waals surface area contributed by atoms with Crippen LogP contribution in [0.3, 0.4) is 0 Å². The van der Waals surface area contributed by atoms with Gasteiger partial charge in [0.05, 0.1) is 30.0 Å². The molecule has 21 heavy (non-hydrogen) atoms. The Morgan fingerprint density at radius 1 is 1.48 bits per heavy atom. The first-order valence-electron chi connectivity index (χ1n) is 6.86. The number of ether oxygens (including phenoxy) is 1. The highest BCUT2D eigenvalue weighted by molar-refractivity contribution is 7.91. The van der Waals surface area contributed by atoms with Crippen molar-refractivity contribution in [3.63, 3.8) is 0 Å². The van der Waals surface area contributed by atoms with Crippen LogP contribution in [0, 0.1) is 0 Å². The molecule has 1 aliphatic heterocycles. The number of hydrogen-bond donors (Lipinski definition) is 0. The molecular formula is C14H17ClN2O3S. The van der Waals surface area contributed by atoms with Crippen molar-refractivity contribution in [2.45, 2.75) is 24.8 Å². The summed E-state index contributed by atoms with van der Waals surface area (Å²) in [4.78, 5) is 4.54. The lowest BCUT2D eigenvalue weighted by Gasteiger charge is -2.25. The van der Waals surface area contributed by atoms with Crippen molar-refractivity contribution in [2.24, 2.45) is 0 Å². The number of hydrogen-bond acceptors (Lipinski definition) is 4. The summed E-state index contributed by atoms with van der Waals surface area (Å²) in [5.74, 6) is 2.04. The number of aromatic nitrogens is 2. The summed E-state index contributed by atoms with van der Waals surface area (Å²) in [6.45, 7) is 0. The molecule has 1 aromatic carbocycles. The molecule has 114 valence electrons. The fourth-order valence-electron chi connectivity index (χ4n) is 3.01. The predicted octanol–water partition coefficient (Wildman–Crippen LogP) is 2.53. The van der Waals surface area contributed by atoms with Crippen LogP contribution in [0.2, 0.25) is 0 Å². The summed E-state index contributed by atoms with van der Waals surface area (Å²) in [6, 6.07) is 5.56. The number of rotatable bonds is 3. The zero-order valence-electron chi connectivity index (χ0n) is 11.8. The lowest BCUT2D eigenvalue weighted by Crippen LogP contribution is -2.28. The van der Waals surface area contributed by atoms with Crippen molar-refractivity contribution in [1.29, 1.82) is 0 Å². The number of alkyl halides is 1. The van der Waals surface area contributed by atoms with E-state index < -0.39 is 9.84 Å². The maximum Gasteiger partial charge on any atom is 0.152 e. The quantitative estimate of drug-likeness (QED) is 0.812. The van der Waals surface area contributed by atoms with Crippen LogP contribution in [0.25, 0.3) is 11.0 Å². The third-order valence-electron chi connectivity index (χ3n) is 3.90. The number of benzene rings is 1. The van der Waals surface area contributed by atoms with Gasteiger partial charge in [-0.25, -0.2) is 13.4 Å². The van der Waals surface area contributed by atoms with Crippen LogP contribution in [-0.2, 0) is 15.7 Å². The molecule has 0 radical (unpaired) electrons.